The Bertz CT molecular complexity index is 329. The van der Waals surface area contributed by atoms with Crippen molar-refractivity contribution in [2.24, 2.45) is 17.0 Å². The second-order valence-corrected chi connectivity index (χ2v) is 4.85. The van der Waals surface area contributed by atoms with Crippen LogP contribution in [0.4, 0.5) is 4.79 Å². The average molecular weight is 256 g/mol. The van der Waals surface area contributed by atoms with Gasteiger partial charge in [-0.25, -0.2) is 4.79 Å². The van der Waals surface area contributed by atoms with Gasteiger partial charge in [0, 0.05) is 6.54 Å². The Morgan fingerprint density at radius 1 is 1.28 bits per heavy atom. The highest BCUT2D eigenvalue weighted by Crippen LogP contribution is 2.28. The van der Waals surface area contributed by atoms with Crippen LogP contribution < -0.4 is 5.32 Å². The van der Waals surface area contributed by atoms with Crippen LogP contribution in [0.5, 0.6) is 0 Å². The topological polar surface area (TPSA) is 88.0 Å². The molecule has 2 N–H and O–H groups in total. The van der Waals surface area contributed by atoms with Gasteiger partial charge in [-0.05, 0) is 45.4 Å². The second kappa shape index (κ2) is 6.98. The minimum absolute atomic E-state index is 0.222. The zero-order chi connectivity index (χ0) is 13.5. The van der Waals surface area contributed by atoms with Crippen LogP contribution in [0.15, 0.2) is 5.16 Å². The largest absolute Gasteiger partial charge is 0.481 e. The van der Waals surface area contributed by atoms with Crippen LogP contribution in [0.25, 0.3) is 0 Å². The molecule has 1 aliphatic carbocycles. The first-order valence-corrected chi connectivity index (χ1v) is 6.18. The molecule has 18 heavy (non-hydrogen) atoms. The summed E-state index contributed by atoms with van der Waals surface area (Å²) in [5.74, 6) is -0.603. The van der Waals surface area contributed by atoms with Crippen LogP contribution in [0.2, 0.25) is 0 Å². The molecule has 0 spiro atoms. The lowest BCUT2D eigenvalue weighted by atomic mass is 9.82. The van der Waals surface area contributed by atoms with Crippen molar-refractivity contribution in [1.82, 2.24) is 5.32 Å². The summed E-state index contributed by atoms with van der Waals surface area (Å²) >= 11 is 0. The highest BCUT2D eigenvalue weighted by molar-refractivity contribution is 5.79. The summed E-state index contributed by atoms with van der Waals surface area (Å²) in [5, 5.41) is 15.0. The number of hydrogen-bond acceptors (Lipinski definition) is 4. The number of aliphatic carboxylic acids is 1. The zero-order valence-corrected chi connectivity index (χ0v) is 10.8. The Morgan fingerprint density at radius 2 is 1.89 bits per heavy atom. The Labute approximate surface area is 106 Å². The number of oxime groups is 1. The summed E-state index contributed by atoms with van der Waals surface area (Å²) in [6.45, 7) is 3.99. The quantitative estimate of drug-likeness (QED) is 0.457. The van der Waals surface area contributed by atoms with Crippen LogP contribution in [0.1, 0.15) is 39.5 Å². The van der Waals surface area contributed by atoms with Crippen LogP contribution in [-0.4, -0.2) is 29.4 Å². The average Bonchev–Trinajstić information content (AvgIpc) is 2.34. The van der Waals surface area contributed by atoms with Gasteiger partial charge < -0.3 is 10.4 Å². The van der Waals surface area contributed by atoms with E-state index in [0.717, 1.165) is 12.8 Å². The Kier molecular flexibility index (Phi) is 5.61. The third-order valence-corrected chi connectivity index (χ3v) is 3.04. The number of rotatable bonds is 4. The smallest absolute Gasteiger partial charge is 0.433 e. The number of hydrogen-bond donors (Lipinski definition) is 2. The summed E-state index contributed by atoms with van der Waals surface area (Å²) in [6, 6.07) is 0. The summed E-state index contributed by atoms with van der Waals surface area (Å²) in [5.41, 5.74) is 0.673. The van der Waals surface area contributed by atoms with E-state index in [0.29, 0.717) is 31.0 Å². The van der Waals surface area contributed by atoms with Crippen LogP contribution in [0.3, 0.4) is 0 Å². The molecular weight excluding hydrogens is 236 g/mol. The maximum Gasteiger partial charge on any atom is 0.433 e. The van der Waals surface area contributed by atoms with Crippen molar-refractivity contribution in [3.8, 4) is 0 Å². The van der Waals surface area contributed by atoms with Crippen molar-refractivity contribution in [3.63, 3.8) is 0 Å². The molecule has 0 radical (unpaired) electrons. The third-order valence-electron chi connectivity index (χ3n) is 3.04. The summed E-state index contributed by atoms with van der Waals surface area (Å²) < 4.78 is 0. The number of amides is 1. The molecule has 0 atom stereocenters. The SMILES string of the molecule is CC(C)=NOC(=O)NC[C@H]1CC[C@H](C(=O)O)CC1. The van der Waals surface area contributed by atoms with E-state index < -0.39 is 12.1 Å². The van der Waals surface area contributed by atoms with E-state index in [-0.39, 0.29) is 5.92 Å². The van der Waals surface area contributed by atoms with Crippen LogP contribution in [0, 0.1) is 11.8 Å². The second-order valence-electron chi connectivity index (χ2n) is 4.85. The molecule has 1 fully saturated rings. The molecule has 6 heteroatoms. The molecule has 102 valence electrons. The Balaban J connectivity index is 2.20. The predicted octanol–water partition coefficient (Wildman–Crippen LogP) is 2.00. The van der Waals surface area contributed by atoms with Crippen molar-refractivity contribution in [2.45, 2.75) is 39.5 Å². The monoisotopic (exact) mass is 256 g/mol. The van der Waals surface area contributed by atoms with E-state index in [2.05, 4.69) is 15.3 Å². The molecular formula is C12H20N2O4. The molecule has 0 bridgehead atoms. The van der Waals surface area contributed by atoms with Gasteiger partial charge in [-0.15, -0.1) is 0 Å². The maximum atomic E-state index is 11.2. The van der Waals surface area contributed by atoms with Gasteiger partial charge in [0.1, 0.15) is 0 Å². The maximum absolute atomic E-state index is 11.2. The number of carboxylic acid groups (broad SMARTS) is 1. The van der Waals surface area contributed by atoms with Gasteiger partial charge in [0.05, 0.1) is 11.6 Å². The van der Waals surface area contributed by atoms with Gasteiger partial charge in [-0.2, -0.15) is 0 Å². The molecule has 6 nitrogen and oxygen atoms in total. The lowest BCUT2D eigenvalue weighted by Gasteiger charge is -2.25. The Hall–Kier alpha value is -1.59. The van der Waals surface area contributed by atoms with Crippen molar-refractivity contribution >= 4 is 17.8 Å². The van der Waals surface area contributed by atoms with Gasteiger partial charge in [0.25, 0.3) is 0 Å². The first-order valence-electron chi connectivity index (χ1n) is 6.18. The number of nitrogens with one attached hydrogen (secondary N) is 1. The molecule has 0 heterocycles. The van der Waals surface area contributed by atoms with Gasteiger partial charge in [-0.3, -0.25) is 9.63 Å². The first kappa shape index (κ1) is 14.5. The summed E-state index contributed by atoms with van der Waals surface area (Å²) in [6.07, 6.45) is 2.46. The molecule has 1 rings (SSSR count). The molecule has 0 unspecified atom stereocenters. The normalized spacial score (nSPS) is 23.0. The van der Waals surface area contributed by atoms with E-state index in [1.54, 1.807) is 13.8 Å². The van der Waals surface area contributed by atoms with Crippen molar-refractivity contribution in [3.05, 3.63) is 0 Å². The number of carbonyl (C=O) groups is 2. The molecule has 0 saturated heterocycles. The standard InChI is InChI=1S/C12H20N2O4/c1-8(2)14-18-12(17)13-7-9-3-5-10(6-4-9)11(15)16/h9-10H,3-7H2,1-2H3,(H,13,17)(H,15,16)/t9-,10-. The van der Waals surface area contributed by atoms with Gasteiger partial charge >= 0.3 is 12.1 Å². The van der Waals surface area contributed by atoms with Gasteiger partial charge in [-0.1, -0.05) is 5.16 Å². The number of nitrogens with zero attached hydrogens (tertiary/aromatic N) is 1. The minimum atomic E-state index is -0.714. The highest BCUT2D eigenvalue weighted by Gasteiger charge is 2.26. The lowest BCUT2D eigenvalue weighted by molar-refractivity contribution is -0.143. The van der Waals surface area contributed by atoms with E-state index >= 15 is 0 Å². The Morgan fingerprint density at radius 3 is 2.39 bits per heavy atom. The first-order chi connectivity index (χ1) is 8.49. The fraction of sp³-hybridized carbons (Fsp3) is 0.750. The summed E-state index contributed by atoms with van der Waals surface area (Å²) in [4.78, 5) is 26.6. The van der Waals surface area contributed by atoms with Gasteiger partial charge in [0.15, 0.2) is 0 Å². The zero-order valence-electron chi connectivity index (χ0n) is 10.8. The van der Waals surface area contributed by atoms with E-state index in [1.165, 1.54) is 0 Å². The molecule has 1 saturated carbocycles. The minimum Gasteiger partial charge on any atom is -0.481 e. The van der Waals surface area contributed by atoms with E-state index in [4.69, 9.17) is 5.11 Å². The lowest BCUT2D eigenvalue weighted by Crippen LogP contribution is -2.32. The fourth-order valence-corrected chi connectivity index (χ4v) is 2.01. The number of carbonyl (C=O) groups excluding carboxylic acids is 1. The van der Waals surface area contributed by atoms with Crippen molar-refractivity contribution in [1.29, 1.82) is 0 Å². The molecule has 1 amide bonds. The third kappa shape index (κ3) is 5.16. The molecule has 0 aromatic rings. The molecule has 0 aromatic heterocycles. The highest BCUT2D eigenvalue weighted by atomic mass is 16.7. The van der Waals surface area contributed by atoms with Crippen LogP contribution >= 0.6 is 0 Å². The molecule has 1 aliphatic rings. The van der Waals surface area contributed by atoms with Crippen molar-refractivity contribution < 1.29 is 19.5 Å². The molecule has 0 aliphatic heterocycles. The fourth-order valence-electron chi connectivity index (χ4n) is 2.01. The predicted molar refractivity (Wildman–Crippen MR) is 66.4 cm³/mol. The summed E-state index contributed by atoms with van der Waals surface area (Å²) in [7, 11) is 0. The van der Waals surface area contributed by atoms with E-state index in [9.17, 15) is 9.59 Å². The number of carboxylic acids is 1. The molecule has 0 aromatic carbocycles. The van der Waals surface area contributed by atoms with E-state index in [1.807, 2.05) is 0 Å². The van der Waals surface area contributed by atoms with Gasteiger partial charge in [0.2, 0.25) is 0 Å². The van der Waals surface area contributed by atoms with Crippen molar-refractivity contribution in [2.75, 3.05) is 6.54 Å². The van der Waals surface area contributed by atoms with Crippen LogP contribution in [-0.2, 0) is 9.63 Å².